The summed E-state index contributed by atoms with van der Waals surface area (Å²) in [7, 11) is 0. The maximum Gasteiger partial charge on any atom is 0.0912 e. The van der Waals surface area contributed by atoms with Crippen LogP contribution in [0.2, 0.25) is 0 Å². The summed E-state index contributed by atoms with van der Waals surface area (Å²) in [5, 5.41) is 12.4. The second kappa shape index (κ2) is 5.07. The van der Waals surface area contributed by atoms with Crippen molar-refractivity contribution in [1.29, 1.82) is 0 Å². The first-order valence-corrected chi connectivity index (χ1v) is 5.05. The molecule has 0 radical (unpaired) electrons. The molecule has 16 heavy (non-hydrogen) atoms. The van der Waals surface area contributed by atoms with Crippen LogP contribution < -0.4 is 0 Å². The highest BCUT2D eigenvalue weighted by Crippen LogP contribution is 2.07. The van der Waals surface area contributed by atoms with Gasteiger partial charge in [-0.15, -0.1) is 0 Å². The quantitative estimate of drug-likeness (QED) is 0.482. The van der Waals surface area contributed by atoms with Gasteiger partial charge in [0.2, 0.25) is 0 Å². The molecule has 3 nitrogen and oxygen atoms in total. The van der Waals surface area contributed by atoms with E-state index in [1.54, 1.807) is 12.4 Å². The van der Waals surface area contributed by atoms with Crippen molar-refractivity contribution in [1.82, 2.24) is 4.98 Å². The average molecular weight is 212 g/mol. The maximum atomic E-state index is 9.01. The van der Waals surface area contributed by atoms with Gasteiger partial charge >= 0.3 is 0 Å². The third-order valence-corrected chi connectivity index (χ3v) is 2.32. The van der Waals surface area contributed by atoms with Crippen LogP contribution in [0.1, 0.15) is 11.1 Å². The Morgan fingerprint density at radius 1 is 1.12 bits per heavy atom. The van der Waals surface area contributed by atoms with Crippen LogP contribution in [0.25, 0.3) is 0 Å². The molecule has 2 rings (SSSR count). The van der Waals surface area contributed by atoms with Gasteiger partial charge in [0.05, 0.1) is 5.71 Å². The molecular weight excluding hydrogens is 200 g/mol. The van der Waals surface area contributed by atoms with Gasteiger partial charge in [0, 0.05) is 18.8 Å². The monoisotopic (exact) mass is 212 g/mol. The predicted octanol–water partition coefficient (Wildman–Crippen LogP) is 2.50. The van der Waals surface area contributed by atoms with Crippen molar-refractivity contribution in [3.63, 3.8) is 0 Å². The molecule has 0 fully saturated rings. The fourth-order valence-corrected chi connectivity index (χ4v) is 1.52. The Balaban J connectivity index is 2.20. The molecule has 0 saturated heterocycles. The zero-order valence-electron chi connectivity index (χ0n) is 8.74. The van der Waals surface area contributed by atoms with E-state index in [1.165, 1.54) is 0 Å². The molecule has 0 aliphatic rings. The fraction of sp³-hybridized carbons (Fsp3) is 0.0769. The van der Waals surface area contributed by atoms with Gasteiger partial charge in [-0.2, -0.15) is 0 Å². The van der Waals surface area contributed by atoms with Crippen LogP contribution in [-0.4, -0.2) is 15.9 Å². The Morgan fingerprint density at radius 2 is 1.94 bits per heavy atom. The van der Waals surface area contributed by atoms with E-state index in [4.69, 9.17) is 5.21 Å². The van der Waals surface area contributed by atoms with Gasteiger partial charge < -0.3 is 5.21 Å². The molecule has 0 aliphatic heterocycles. The largest absolute Gasteiger partial charge is 0.411 e. The molecule has 3 heteroatoms. The van der Waals surface area contributed by atoms with Gasteiger partial charge in [0.15, 0.2) is 0 Å². The minimum atomic E-state index is 0.578. The van der Waals surface area contributed by atoms with Crippen LogP contribution in [0.4, 0.5) is 0 Å². The lowest BCUT2D eigenvalue weighted by molar-refractivity contribution is 0.318. The SMILES string of the molecule is ON=C(Cc1cccnc1)c1ccccc1. The lowest BCUT2D eigenvalue weighted by Crippen LogP contribution is -2.05. The normalized spacial score (nSPS) is 11.4. The number of aromatic nitrogens is 1. The standard InChI is InChI=1S/C13H12N2O/c16-15-13(12-6-2-1-3-7-12)9-11-5-4-8-14-10-11/h1-8,10,16H,9H2. The van der Waals surface area contributed by atoms with Crippen molar-refractivity contribution >= 4 is 5.71 Å². The Labute approximate surface area is 94.1 Å². The van der Waals surface area contributed by atoms with Gasteiger partial charge in [0.1, 0.15) is 0 Å². The van der Waals surface area contributed by atoms with Gasteiger partial charge in [-0.1, -0.05) is 41.6 Å². The summed E-state index contributed by atoms with van der Waals surface area (Å²) < 4.78 is 0. The average Bonchev–Trinajstić information content (AvgIpc) is 2.38. The number of rotatable bonds is 3. The molecule has 0 aliphatic carbocycles. The molecule has 0 saturated carbocycles. The highest BCUT2D eigenvalue weighted by atomic mass is 16.4. The summed E-state index contributed by atoms with van der Waals surface area (Å²) in [5.74, 6) is 0. The zero-order valence-corrected chi connectivity index (χ0v) is 8.74. The molecule has 1 aromatic carbocycles. The van der Waals surface area contributed by atoms with E-state index in [0.29, 0.717) is 12.1 Å². The van der Waals surface area contributed by atoms with Crippen molar-refractivity contribution in [3.05, 3.63) is 66.0 Å². The zero-order chi connectivity index (χ0) is 11.2. The number of hydrogen-bond donors (Lipinski definition) is 1. The van der Waals surface area contributed by atoms with Gasteiger partial charge in [-0.3, -0.25) is 4.98 Å². The summed E-state index contributed by atoms with van der Waals surface area (Å²) >= 11 is 0. The number of pyridine rings is 1. The number of oxime groups is 1. The Morgan fingerprint density at radius 3 is 2.56 bits per heavy atom. The molecule has 0 atom stereocenters. The van der Waals surface area contributed by atoms with Crippen molar-refractivity contribution in [2.24, 2.45) is 5.16 Å². The van der Waals surface area contributed by atoms with Crippen LogP contribution >= 0.6 is 0 Å². The molecule has 2 aromatic rings. The van der Waals surface area contributed by atoms with Crippen molar-refractivity contribution in [2.75, 3.05) is 0 Å². The summed E-state index contributed by atoms with van der Waals surface area (Å²) in [4.78, 5) is 4.03. The first-order chi connectivity index (χ1) is 7.90. The second-order valence-corrected chi connectivity index (χ2v) is 3.45. The Hall–Kier alpha value is -2.16. The third kappa shape index (κ3) is 2.45. The van der Waals surface area contributed by atoms with Crippen LogP contribution in [-0.2, 0) is 6.42 Å². The highest BCUT2D eigenvalue weighted by Gasteiger charge is 2.04. The number of hydrogen-bond acceptors (Lipinski definition) is 3. The smallest absolute Gasteiger partial charge is 0.0912 e. The molecule has 0 spiro atoms. The number of nitrogens with zero attached hydrogens (tertiary/aromatic N) is 2. The summed E-state index contributed by atoms with van der Waals surface area (Å²) in [5.41, 5.74) is 2.60. The van der Waals surface area contributed by atoms with E-state index < -0.39 is 0 Å². The Bertz CT molecular complexity index is 466. The van der Waals surface area contributed by atoms with E-state index >= 15 is 0 Å². The van der Waals surface area contributed by atoms with Crippen LogP contribution in [0.5, 0.6) is 0 Å². The molecule has 1 N–H and O–H groups in total. The Kier molecular flexibility index (Phi) is 3.28. The second-order valence-electron chi connectivity index (χ2n) is 3.45. The van der Waals surface area contributed by atoms with Gasteiger partial charge in [-0.05, 0) is 17.2 Å². The van der Waals surface area contributed by atoms with Gasteiger partial charge in [-0.25, -0.2) is 0 Å². The molecule has 0 amide bonds. The molecule has 80 valence electrons. The maximum absolute atomic E-state index is 9.01. The van der Waals surface area contributed by atoms with E-state index in [2.05, 4.69) is 10.1 Å². The highest BCUT2D eigenvalue weighted by molar-refractivity contribution is 6.01. The third-order valence-electron chi connectivity index (χ3n) is 2.32. The van der Waals surface area contributed by atoms with Crippen LogP contribution in [0.3, 0.4) is 0 Å². The van der Waals surface area contributed by atoms with E-state index in [-0.39, 0.29) is 0 Å². The first-order valence-electron chi connectivity index (χ1n) is 5.05. The summed E-state index contributed by atoms with van der Waals surface area (Å²) in [6.45, 7) is 0. The predicted molar refractivity (Wildman–Crippen MR) is 62.7 cm³/mol. The van der Waals surface area contributed by atoms with E-state index in [0.717, 1.165) is 11.1 Å². The molecule has 1 heterocycles. The summed E-state index contributed by atoms with van der Waals surface area (Å²) in [6.07, 6.45) is 4.07. The van der Waals surface area contributed by atoms with Crippen molar-refractivity contribution < 1.29 is 5.21 Å². The lowest BCUT2D eigenvalue weighted by Gasteiger charge is -2.03. The van der Waals surface area contributed by atoms with Crippen molar-refractivity contribution in [2.45, 2.75) is 6.42 Å². The molecular formula is C13H12N2O. The van der Waals surface area contributed by atoms with E-state index in [9.17, 15) is 0 Å². The fourth-order valence-electron chi connectivity index (χ4n) is 1.52. The van der Waals surface area contributed by atoms with E-state index in [1.807, 2.05) is 42.5 Å². The topological polar surface area (TPSA) is 45.5 Å². The summed E-state index contributed by atoms with van der Waals surface area (Å²) in [6, 6.07) is 13.4. The minimum Gasteiger partial charge on any atom is -0.411 e. The first kappa shape index (κ1) is 10.4. The minimum absolute atomic E-state index is 0.578. The number of benzene rings is 1. The van der Waals surface area contributed by atoms with Crippen LogP contribution in [0.15, 0.2) is 60.0 Å². The molecule has 1 aromatic heterocycles. The van der Waals surface area contributed by atoms with Crippen molar-refractivity contribution in [3.8, 4) is 0 Å². The lowest BCUT2D eigenvalue weighted by atomic mass is 10.0. The molecule has 0 unspecified atom stereocenters. The molecule has 0 bridgehead atoms. The van der Waals surface area contributed by atoms with Crippen LogP contribution in [0, 0.1) is 0 Å². The van der Waals surface area contributed by atoms with Gasteiger partial charge in [0.25, 0.3) is 0 Å².